The predicted molar refractivity (Wildman–Crippen MR) is 122 cm³/mol. The number of halogens is 2. The largest absolute Gasteiger partial charge is 0.437 e. The molecular weight excluding hydrogens is 426 g/mol. The number of hydrogen-bond acceptors (Lipinski definition) is 4. The smallest absolute Gasteiger partial charge is 0.413 e. The number of likely N-dealkylation sites (tertiary alicyclic amines) is 1. The third-order valence-electron chi connectivity index (χ3n) is 6.86. The van der Waals surface area contributed by atoms with Crippen molar-refractivity contribution in [1.29, 1.82) is 0 Å². The molecule has 2 fully saturated rings. The van der Waals surface area contributed by atoms with Gasteiger partial charge in [0.2, 0.25) is 0 Å². The molecule has 0 saturated carbocycles. The van der Waals surface area contributed by atoms with Gasteiger partial charge in [0.05, 0.1) is 0 Å². The van der Waals surface area contributed by atoms with Gasteiger partial charge in [0.25, 0.3) is 0 Å². The molecule has 2 saturated heterocycles. The fourth-order valence-electron chi connectivity index (χ4n) is 4.98. The number of piperidine rings is 1. The summed E-state index contributed by atoms with van der Waals surface area (Å²) in [6, 6.07) is 12.3. The molecule has 1 spiro atoms. The van der Waals surface area contributed by atoms with E-state index in [1.807, 2.05) is 13.8 Å². The van der Waals surface area contributed by atoms with Gasteiger partial charge in [-0.15, -0.1) is 0 Å². The zero-order chi connectivity index (χ0) is 23.8. The Morgan fingerprint density at radius 2 is 1.52 bits per heavy atom. The third-order valence-corrected chi connectivity index (χ3v) is 6.86. The molecule has 2 aromatic carbocycles. The minimum atomic E-state index is -1.37. The lowest BCUT2D eigenvalue weighted by Crippen LogP contribution is -2.61. The molecule has 5 nitrogen and oxygen atoms in total. The van der Waals surface area contributed by atoms with Crippen LogP contribution < -0.4 is 0 Å². The topological polar surface area (TPSA) is 53.0 Å². The van der Waals surface area contributed by atoms with E-state index in [9.17, 15) is 18.7 Å². The number of benzene rings is 2. The standard InChI is InChI=1S/C26H30F2N2O3/c1-18(2)30-24(31)33-26(25(30,3)32)13-16-29(17-14-26)15-12-23(19-4-8-21(27)9-5-19)20-6-10-22(28)11-7-20/h4-12,18,32H,13-17H2,1-3H3. The van der Waals surface area contributed by atoms with E-state index in [1.54, 1.807) is 31.2 Å². The first-order valence-corrected chi connectivity index (χ1v) is 11.3. The van der Waals surface area contributed by atoms with Gasteiger partial charge >= 0.3 is 6.09 Å². The minimum Gasteiger partial charge on any atom is -0.437 e. The van der Waals surface area contributed by atoms with Crippen LogP contribution in [0.5, 0.6) is 0 Å². The van der Waals surface area contributed by atoms with Gasteiger partial charge in [-0.05, 0) is 61.7 Å². The Balaban J connectivity index is 1.51. The van der Waals surface area contributed by atoms with E-state index in [4.69, 9.17) is 4.74 Å². The number of carbonyl (C=O) groups excluding carboxylic acids is 1. The first-order valence-electron chi connectivity index (χ1n) is 11.3. The molecule has 1 unspecified atom stereocenters. The summed E-state index contributed by atoms with van der Waals surface area (Å²) in [7, 11) is 0. The summed E-state index contributed by atoms with van der Waals surface area (Å²) in [5, 5.41) is 11.2. The Kier molecular flexibility index (Phi) is 6.29. The van der Waals surface area contributed by atoms with Crippen molar-refractivity contribution in [2.45, 2.75) is 51.0 Å². The summed E-state index contributed by atoms with van der Waals surface area (Å²) in [4.78, 5) is 16.1. The van der Waals surface area contributed by atoms with Gasteiger partial charge in [0.15, 0.2) is 11.3 Å². The lowest BCUT2D eigenvalue weighted by molar-refractivity contribution is -0.169. The molecule has 2 aromatic rings. The third kappa shape index (κ3) is 4.39. The van der Waals surface area contributed by atoms with Crippen LogP contribution >= 0.6 is 0 Å². The fraction of sp³-hybridized carbons (Fsp3) is 0.423. The Hall–Kier alpha value is -2.77. The van der Waals surface area contributed by atoms with Crippen LogP contribution in [-0.2, 0) is 4.74 Å². The van der Waals surface area contributed by atoms with E-state index in [1.165, 1.54) is 29.2 Å². The molecule has 0 aromatic heterocycles. The fourth-order valence-corrected chi connectivity index (χ4v) is 4.98. The quantitative estimate of drug-likeness (QED) is 0.702. The molecule has 1 atom stereocenters. The number of amides is 1. The van der Waals surface area contributed by atoms with Gasteiger partial charge in [-0.1, -0.05) is 30.3 Å². The molecule has 7 heteroatoms. The maximum absolute atomic E-state index is 13.5. The van der Waals surface area contributed by atoms with Crippen molar-refractivity contribution in [2.24, 2.45) is 0 Å². The molecule has 0 bridgehead atoms. The number of aliphatic hydroxyl groups is 1. The zero-order valence-electron chi connectivity index (χ0n) is 19.2. The van der Waals surface area contributed by atoms with Crippen LogP contribution in [0.25, 0.3) is 5.57 Å². The number of rotatable bonds is 5. The molecular formula is C26H30F2N2O3. The van der Waals surface area contributed by atoms with Crippen LogP contribution in [0.3, 0.4) is 0 Å². The summed E-state index contributed by atoms with van der Waals surface area (Å²) >= 11 is 0. The monoisotopic (exact) mass is 456 g/mol. The number of ether oxygens (including phenoxy) is 1. The van der Waals surface area contributed by atoms with Crippen molar-refractivity contribution in [3.8, 4) is 0 Å². The molecule has 176 valence electrons. The molecule has 2 aliphatic rings. The lowest BCUT2D eigenvalue weighted by Gasteiger charge is -2.45. The average Bonchev–Trinajstić information content (AvgIpc) is 2.96. The van der Waals surface area contributed by atoms with Crippen LogP contribution in [0.1, 0.15) is 44.7 Å². The summed E-state index contributed by atoms with van der Waals surface area (Å²) in [6.07, 6.45) is 2.62. The van der Waals surface area contributed by atoms with Crippen LogP contribution in [0.4, 0.5) is 13.6 Å². The van der Waals surface area contributed by atoms with E-state index in [0.717, 1.165) is 16.7 Å². The predicted octanol–water partition coefficient (Wildman–Crippen LogP) is 4.80. The van der Waals surface area contributed by atoms with Crippen LogP contribution in [0.2, 0.25) is 0 Å². The maximum atomic E-state index is 13.5. The minimum absolute atomic E-state index is 0.165. The molecule has 0 radical (unpaired) electrons. The van der Waals surface area contributed by atoms with Crippen LogP contribution in [0.15, 0.2) is 54.6 Å². The van der Waals surface area contributed by atoms with Crippen molar-refractivity contribution in [3.63, 3.8) is 0 Å². The van der Waals surface area contributed by atoms with Gasteiger partial charge in [-0.3, -0.25) is 9.80 Å². The highest BCUT2D eigenvalue weighted by Gasteiger charge is 2.63. The average molecular weight is 457 g/mol. The Morgan fingerprint density at radius 1 is 1.03 bits per heavy atom. The van der Waals surface area contributed by atoms with E-state index in [0.29, 0.717) is 32.5 Å². The Labute approximate surface area is 193 Å². The Morgan fingerprint density at radius 3 is 1.94 bits per heavy atom. The Bertz CT molecular complexity index is 977. The van der Waals surface area contributed by atoms with Gasteiger partial charge in [-0.2, -0.15) is 0 Å². The van der Waals surface area contributed by atoms with E-state index in [2.05, 4.69) is 11.0 Å². The molecule has 1 N–H and O–H groups in total. The summed E-state index contributed by atoms with van der Waals surface area (Å²) in [5.74, 6) is -0.626. The molecule has 0 aliphatic carbocycles. The van der Waals surface area contributed by atoms with Crippen LogP contribution in [-0.4, -0.2) is 58.0 Å². The molecule has 4 rings (SSSR count). The summed E-state index contributed by atoms with van der Waals surface area (Å²) < 4.78 is 32.7. The molecule has 33 heavy (non-hydrogen) atoms. The van der Waals surface area contributed by atoms with Crippen molar-refractivity contribution in [1.82, 2.24) is 9.80 Å². The SMILES string of the molecule is CC(C)N1C(=O)OC2(CCN(CC=C(c3ccc(F)cc3)c3ccc(F)cc3)CC2)C1(C)O. The molecule has 2 heterocycles. The molecule has 1 amide bonds. The zero-order valence-corrected chi connectivity index (χ0v) is 19.2. The van der Waals surface area contributed by atoms with Crippen molar-refractivity contribution < 1.29 is 23.4 Å². The highest BCUT2D eigenvalue weighted by Crippen LogP contribution is 2.45. The van der Waals surface area contributed by atoms with E-state index in [-0.39, 0.29) is 17.7 Å². The second-order valence-electron chi connectivity index (χ2n) is 9.28. The van der Waals surface area contributed by atoms with Gasteiger partial charge < -0.3 is 9.84 Å². The van der Waals surface area contributed by atoms with Crippen LogP contribution in [0, 0.1) is 11.6 Å². The summed E-state index contributed by atoms with van der Waals surface area (Å²) in [6.45, 7) is 7.29. The maximum Gasteiger partial charge on any atom is 0.413 e. The van der Waals surface area contributed by atoms with Crippen molar-refractivity contribution in [3.05, 3.63) is 77.4 Å². The van der Waals surface area contributed by atoms with Gasteiger partial charge in [0.1, 0.15) is 11.6 Å². The first kappa shape index (κ1) is 23.4. The number of nitrogens with zero attached hydrogens (tertiary/aromatic N) is 2. The highest BCUT2D eigenvalue weighted by atomic mass is 19.1. The number of hydrogen-bond donors (Lipinski definition) is 1. The lowest BCUT2D eigenvalue weighted by atomic mass is 9.81. The second kappa shape index (κ2) is 8.88. The highest BCUT2D eigenvalue weighted by molar-refractivity contribution is 5.79. The first-order chi connectivity index (χ1) is 15.6. The van der Waals surface area contributed by atoms with Crippen molar-refractivity contribution >= 4 is 11.7 Å². The molecule has 2 aliphatic heterocycles. The summed E-state index contributed by atoms with van der Waals surface area (Å²) in [5.41, 5.74) is 0.285. The van der Waals surface area contributed by atoms with Gasteiger partial charge in [0, 0.05) is 38.5 Å². The second-order valence-corrected chi connectivity index (χ2v) is 9.28. The van der Waals surface area contributed by atoms with E-state index < -0.39 is 17.4 Å². The van der Waals surface area contributed by atoms with Crippen molar-refractivity contribution in [2.75, 3.05) is 19.6 Å². The number of carbonyl (C=O) groups is 1. The van der Waals surface area contributed by atoms with Gasteiger partial charge in [-0.25, -0.2) is 13.6 Å². The van der Waals surface area contributed by atoms with E-state index >= 15 is 0 Å². The normalized spacial score (nSPS) is 22.6.